The predicted octanol–water partition coefficient (Wildman–Crippen LogP) is 5.51. The van der Waals surface area contributed by atoms with E-state index in [0.717, 1.165) is 31.4 Å². The molecule has 0 aromatic carbocycles. The van der Waals surface area contributed by atoms with E-state index in [0.29, 0.717) is 28.2 Å². The fourth-order valence-corrected chi connectivity index (χ4v) is 3.78. The Kier molecular flexibility index (Phi) is 6.14. The number of hydrogen-bond acceptors (Lipinski definition) is 4. The molecule has 3 aliphatic rings. The van der Waals surface area contributed by atoms with E-state index in [2.05, 4.69) is 27.1 Å². The van der Waals surface area contributed by atoms with Crippen molar-refractivity contribution in [2.45, 2.75) is 51.8 Å². The third kappa shape index (κ3) is 4.98. The summed E-state index contributed by atoms with van der Waals surface area (Å²) in [5.41, 5.74) is 2.45. The normalized spacial score (nSPS) is 26.0. The van der Waals surface area contributed by atoms with Crippen LogP contribution in [0.4, 0.5) is 10.2 Å². The molecule has 0 bridgehead atoms. The monoisotopic (exact) mass is 444 g/mol. The van der Waals surface area contributed by atoms with E-state index in [1.807, 2.05) is 18.2 Å². The highest BCUT2D eigenvalue weighted by Crippen LogP contribution is 2.39. The molecule has 1 amide bonds. The highest BCUT2D eigenvalue weighted by molar-refractivity contribution is 6.31. The predicted molar refractivity (Wildman–Crippen MR) is 119 cm³/mol. The van der Waals surface area contributed by atoms with Crippen molar-refractivity contribution in [3.8, 4) is 0 Å². The molecule has 2 heterocycles. The van der Waals surface area contributed by atoms with Crippen LogP contribution in [-0.2, 0) is 9.53 Å². The summed E-state index contributed by atoms with van der Waals surface area (Å²) in [6, 6.07) is 1.88. The molecule has 2 aliphatic carbocycles. The summed E-state index contributed by atoms with van der Waals surface area (Å²) in [4.78, 5) is 17.5. The molecule has 4 rings (SSSR count). The lowest BCUT2D eigenvalue weighted by Gasteiger charge is -2.19. The van der Waals surface area contributed by atoms with Crippen LogP contribution in [0, 0.1) is 11.8 Å². The number of nitrogens with zero attached hydrogens (tertiary/aromatic N) is 2. The van der Waals surface area contributed by atoms with Gasteiger partial charge in [-0.2, -0.15) is 9.49 Å². The van der Waals surface area contributed by atoms with Gasteiger partial charge in [0.05, 0.1) is 17.3 Å². The lowest BCUT2D eigenvalue weighted by molar-refractivity contribution is -0.118. The number of hydrogen-bond donors (Lipinski definition) is 2. The fraction of sp³-hybridized carbons (Fsp3) is 0.435. The molecule has 0 saturated heterocycles. The Bertz CT molecular complexity index is 1020. The molecule has 8 heteroatoms. The van der Waals surface area contributed by atoms with E-state index in [1.54, 1.807) is 19.9 Å². The van der Waals surface area contributed by atoms with Gasteiger partial charge in [-0.1, -0.05) is 30.3 Å². The SMILES string of the molecule is C=C(C)C(F)O/C1=C/C(Cl)=C\CCC2C=C([C@@H](C)C(=O)Nc3cc(C4CC4)n[nH]3)N=C12. The summed E-state index contributed by atoms with van der Waals surface area (Å²) in [6.45, 7) is 6.95. The van der Waals surface area contributed by atoms with Gasteiger partial charge in [0.25, 0.3) is 6.36 Å². The van der Waals surface area contributed by atoms with Crippen LogP contribution in [0.25, 0.3) is 0 Å². The van der Waals surface area contributed by atoms with E-state index in [4.69, 9.17) is 16.3 Å². The van der Waals surface area contributed by atoms with Crippen molar-refractivity contribution in [1.29, 1.82) is 0 Å². The second-order valence-corrected chi connectivity index (χ2v) is 8.78. The van der Waals surface area contributed by atoms with E-state index in [-0.39, 0.29) is 23.2 Å². The van der Waals surface area contributed by atoms with E-state index < -0.39 is 12.3 Å². The number of aromatic nitrogens is 2. The summed E-state index contributed by atoms with van der Waals surface area (Å²) >= 11 is 6.22. The van der Waals surface area contributed by atoms with Crippen LogP contribution in [0.3, 0.4) is 0 Å². The lowest BCUT2D eigenvalue weighted by Crippen LogP contribution is -2.21. The molecule has 2 unspecified atom stereocenters. The number of aliphatic imine (C=N–C) groups is 1. The van der Waals surface area contributed by atoms with Crippen LogP contribution in [0.1, 0.15) is 51.1 Å². The van der Waals surface area contributed by atoms with E-state index in [9.17, 15) is 9.18 Å². The van der Waals surface area contributed by atoms with Crippen molar-refractivity contribution in [3.05, 3.63) is 58.6 Å². The van der Waals surface area contributed by atoms with Gasteiger partial charge in [-0.05, 0) is 45.1 Å². The molecule has 2 N–H and O–H groups in total. The van der Waals surface area contributed by atoms with Crippen LogP contribution < -0.4 is 5.32 Å². The fourth-order valence-electron chi connectivity index (χ4n) is 3.57. The Morgan fingerprint density at radius 2 is 2.19 bits per heavy atom. The first-order chi connectivity index (χ1) is 14.8. The minimum absolute atomic E-state index is 0.0801. The second-order valence-electron chi connectivity index (χ2n) is 8.34. The molecule has 1 aliphatic heterocycles. The molecule has 1 aromatic rings. The number of rotatable bonds is 7. The zero-order chi connectivity index (χ0) is 22.1. The number of aromatic amines is 1. The van der Waals surface area contributed by atoms with Crippen molar-refractivity contribution in [1.82, 2.24) is 10.2 Å². The molecule has 3 atom stereocenters. The Labute approximate surface area is 186 Å². The van der Waals surface area contributed by atoms with Gasteiger partial charge >= 0.3 is 0 Å². The van der Waals surface area contributed by atoms with Crippen LogP contribution >= 0.6 is 11.6 Å². The zero-order valence-electron chi connectivity index (χ0n) is 17.6. The maximum atomic E-state index is 14.2. The quantitative estimate of drug-likeness (QED) is 0.544. The molecule has 164 valence electrons. The van der Waals surface area contributed by atoms with Gasteiger partial charge in [-0.15, -0.1) is 0 Å². The maximum Gasteiger partial charge on any atom is 0.259 e. The van der Waals surface area contributed by atoms with Crippen molar-refractivity contribution in [3.63, 3.8) is 0 Å². The number of alkyl halides is 1. The average molecular weight is 445 g/mol. The first-order valence-corrected chi connectivity index (χ1v) is 10.9. The maximum absolute atomic E-state index is 14.2. The van der Waals surface area contributed by atoms with Gasteiger partial charge in [0.15, 0.2) is 0 Å². The van der Waals surface area contributed by atoms with Crippen LogP contribution in [0.5, 0.6) is 0 Å². The van der Waals surface area contributed by atoms with Gasteiger partial charge in [0.1, 0.15) is 11.6 Å². The second kappa shape index (κ2) is 8.83. The van der Waals surface area contributed by atoms with E-state index >= 15 is 0 Å². The summed E-state index contributed by atoms with van der Waals surface area (Å²) in [7, 11) is 0. The number of H-pyrrole nitrogens is 1. The van der Waals surface area contributed by atoms with Crippen LogP contribution in [-0.4, -0.2) is 28.2 Å². The highest BCUT2D eigenvalue weighted by atomic mass is 35.5. The van der Waals surface area contributed by atoms with Gasteiger partial charge in [-0.3, -0.25) is 14.9 Å². The summed E-state index contributed by atoms with van der Waals surface area (Å²) < 4.78 is 19.7. The number of nitrogens with one attached hydrogen (secondary N) is 2. The molecule has 6 nitrogen and oxygen atoms in total. The van der Waals surface area contributed by atoms with Gasteiger partial charge < -0.3 is 10.1 Å². The average Bonchev–Trinajstić information content (AvgIpc) is 3.32. The zero-order valence-corrected chi connectivity index (χ0v) is 18.4. The van der Waals surface area contributed by atoms with Crippen molar-refractivity contribution < 1.29 is 13.9 Å². The van der Waals surface area contributed by atoms with Crippen LogP contribution in [0.2, 0.25) is 0 Å². The van der Waals surface area contributed by atoms with Crippen molar-refractivity contribution in [2.24, 2.45) is 16.8 Å². The Morgan fingerprint density at radius 1 is 1.42 bits per heavy atom. The molecule has 1 aromatic heterocycles. The number of halogens is 2. The number of allylic oxidation sites excluding steroid dienone is 5. The number of carbonyl (C=O) groups excluding carboxylic acids is 1. The molecular formula is C23H26ClFN4O2. The first-order valence-electron chi connectivity index (χ1n) is 10.5. The number of carbonyl (C=O) groups is 1. The smallest absolute Gasteiger partial charge is 0.259 e. The Hall–Kier alpha value is -2.67. The lowest BCUT2D eigenvalue weighted by atomic mass is 9.94. The molecule has 0 radical (unpaired) electrons. The van der Waals surface area contributed by atoms with Crippen molar-refractivity contribution >= 4 is 29.0 Å². The van der Waals surface area contributed by atoms with E-state index in [1.165, 1.54) is 0 Å². The molecule has 1 fully saturated rings. The largest absolute Gasteiger partial charge is 0.455 e. The Balaban J connectivity index is 1.51. The molecule has 1 saturated carbocycles. The van der Waals surface area contributed by atoms with Crippen LogP contribution in [0.15, 0.2) is 57.9 Å². The van der Waals surface area contributed by atoms with Crippen molar-refractivity contribution in [2.75, 3.05) is 5.32 Å². The highest BCUT2D eigenvalue weighted by Gasteiger charge is 2.32. The molecule has 31 heavy (non-hydrogen) atoms. The summed E-state index contributed by atoms with van der Waals surface area (Å²) in [5.74, 6) is 0.580. The molecule has 0 spiro atoms. The topological polar surface area (TPSA) is 79.4 Å². The first kappa shape index (κ1) is 21.6. The number of anilines is 1. The minimum atomic E-state index is -1.66. The Morgan fingerprint density at radius 3 is 2.90 bits per heavy atom. The number of amides is 1. The summed E-state index contributed by atoms with van der Waals surface area (Å²) in [5, 5.41) is 10.5. The standard InChI is InChI=1S/C23H26ClFN4O2/c1-12(2)22(25)31-19-10-16(24)6-4-5-15-9-17(26-21(15)19)13(3)23(30)27-20-11-18(28-29-20)14-7-8-14/h6,9-11,13-15,22H,1,4-5,7-8H2,2-3H3,(H2,27,28,29,30)/b16-6+,19-10+/t13-,15?,22?/m1/s1. The summed E-state index contributed by atoms with van der Waals surface area (Å²) in [6.07, 6.45) is 7.51. The number of fused-ring (bicyclic) bond motifs is 1. The van der Waals surface area contributed by atoms with Gasteiger partial charge in [0, 0.05) is 34.7 Å². The third-order valence-electron chi connectivity index (χ3n) is 5.62. The van der Waals surface area contributed by atoms with Gasteiger partial charge in [0.2, 0.25) is 5.91 Å². The minimum Gasteiger partial charge on any atom is -0.455 e. The van der Waals surface area contributed by atoms with Gasteiger partial charge in [-0.25, -0.2) is 0 Å². The molecular weight excluding hydrogens is 419 g/mol. The number of ether oxygens (including phenoxy) is 1. The third-order valence-corrected chi connectivity index (χ3v) is 5.88.